The zero-order valence-corrected chi connectivity index (χ0v) is 6.90. The van der Waals surface area contributed by atoms with Gasteiger partial charge >= 0.3 is 5.97 Å². The minimum Gasteiger partial charge on any atom is -0.478 e. The van der Waals surface area contributed by atoms with Crippen molar-refractivity contribution in [3.63, 3.8) is 0 Å². The van der Waals surface area contributed by atoms with E-state index < -0.39 is 5.97 Å². The summed E-state index contributed by atoms with van der Waals surface area (Å²) in [6.45, 7) is 0. The number of nitriles is 1. The first-order valence-corrected chi connectivity index (χ1v) is 3.77. The zero-order chi connectivity index (χ0) is 9.68. The molecular formula is C10H8NO2. The Morgan fingerprint density at radius 2 is 2.08 bits per heavy atom. The zero-order valence-electron chi connectivity index (χ0n) is 6.90. The van der Waals surface area contributed by atoms with Crippen LogP contribution in [0.4, 0.5) is 0 Å². The molecule has 1 rings (SSSR count). The maximum absolute atomic E-state index is 10.5. The summed E-state index contributed by atoms with van der Waals surface area (Å²) in [4.78, 5) is 10.5. The van der Waals surface area contributed by atoms with Crippen molar-refractivity contribution in [3.8, 4) is 6.07 Å². The summed E-state index contributed by atoms with van der Waals surface area (Å²) in [5.41, 5.74) is 1.20. The minimum atomic E-state index is -0.934. The predicted octanol–water partition coefficient (Wildman–Crippen LogP) is 1.66. The fraction of sp³-hybridized carbons (Fsp3) is 0.100. The molecule has 1 radical (unpaired) electrons. The van der Waals surface area contributed by atoms with Crippen molar-refractivity contribution in [2.75, 3.05) is 0 Å². The molecule has 0 aliphatic heterocycles. The smallest absolute Gasteiger partial charge is 0.335 e. The molecule has 0 amide bonds. The van der Waals surface area contributed by atoms with Gasteiger partial charge in [-0.05, 0) is 24.1 Å². The Kier molecular flexibility index (Phi) is 3.04. The Bertz CT molecular complexity index is 335. The van der Waals surface area contributed by atoms with E-state index in [2.05, 4.69) is 0 Å². The molecule has 0 bridgehead atoms. The molecule has 3 nitrogen and oxygen atoms in total. The van der Waals surface area contributed by atoms with E-state index in [9.17, 15) is 4.79 Å². The predicted molar refractivity (Wildman–Crippen MR) is 47.0 cm³/mol. The lowest BCUT2D eigenvalue weighted by molar-refractivity contribution is 0.0697. The Labute approximate surface area is 76.2 Å². The van der Waals surface area contributed by atoms with Gasteiger partial charge in [-0.15, -0.1) is 0 Å². The Hall–Kier alpha value is -1.82. The minimum absolute atomic E-state index is 0.265. The van der Waals surface area contributed by atoms with Crippen molar-refractivity contribution in [1.82, 2.24) is 0 Å². The van der Waals surface area contributed by atoms with Gasteiger partial charge in [0.2, 0.25) is 0 Å². The highest BCUT2D eigenvalue weighted by Crippen LogP contribution is 2.05. The average molecular weight is 174 g/mol. The van der Waals surface area contributed by atoms with Gasteiger partial charge in [0.25, 0.3) is 0 Å². The van der Waals surface area contributed by atoms with E-state index in [1.165, 1.54) is 18.6 Å². The third kappa shape index (κ3) is 2.60. The molecule has 0 spiro atoms. The third-order valence-corrected chi connectivity index (χ3v) is 1.63. The maximum Gasteiger partial charge on any atom is 0.335 e. The number of carbonyl (C=O) groups is 1. The largest absolute Gasteiger partial charge is 0.478 e. The van der Waals surface area contributed by atoms with Gasteiger partial charge in [-0.1, -0.05) is 12.1 Å². The number of hydrogen-bond donors (Lipinski definition) is 1. The van der Waals surface area contributed by atoms with Crippen molar-refractivity contribution in [2.24, 2.45) is 0 Å². The van der Waals surface area contributed by atoms with E-state index in [4.69, 9.17) is 10.4 Å². The summed E-state index contributed by atoms with van der Waals surface area (Å²) in [6, 6.07) is 8.38. The van der Waals surface area contributed by atoms with Crippen molar-refractivity contribution in [3.05, 3.63) is 41.8 Å². The average Bonchev–Trinajstić information content (AvgIpc) is 2.15. The van der Waals surface area contributed by atoms with Crippen LogP contribution >= 0.6 is 0 Å². The van der Waals surface area contributed by atoms with Gasteiger partial charge in [0, 0.05) is 0 Å². The summed E-state index contributed by atoms with van der Waals surface area (Å²) >= 11 is 0. The van der Waals surface area contributed by atoms with Crippen LogP contribution in [0.1, 0.15) is 15.9 Å². The number of benzene rings is 1. The summed E-state index contributed by atoms with van der Waals surface area (Å²) in [5, 5.41) is 16.9. The van der Waals surface area contributed by atoms with E-state index in [0.717, 1.165) is 5.56 Å². The van der Waals surface area contributed by atoms with E-state index in [0.29, 0.717) is 6.42 Å². The molecule has 3 heteroatoms. The second kappa shape index (κ2) is 4.27. The number of carboxylic acid groups (broad SMARTS) is 1. The fourth-order valence-electron chi connectivity index (χ4n) is 0.947. The molecule has 0 aliphatic rings. The lowest BCUT2D eigenvalue weighted by Crippen LogP contribution is -1.95. The highest BCUT2D eigenvalue weighted by molar-refractivity contribution is 5.87. The van der Waals surface area contributed by atoms with Gasteiger partial charge in [-0.2, -0.15) is 5.26 Å². The van der Waals surface area contributed by atoms with Crippen LogP contribution in [0.2, 0.25) is 0 Å². The van der Waals surface area contributed by atoms with Crippen LogP contribution in [0.3, 0.4) is 0 Å². The number of nitrogens with zero attached hydrogens (tertiary/aromatic N) is 1. The van der Waals surface area contributed by atoms with Crippen molar-refractivity contribution >= 4 is 5.97 Å². The van der Waals surface area contributed by atoms with Crippen molar-refractivity contribution in [2.45, 2.75) is 6.42 Å². The van der Waals surface area contributed by atoms with E-state index in [-0.39, 0.29) is 5.56 Å². The Balaban J connectivity index is 2.71. The molecular weight excluding hydrogens is 166 g/mol. The summed E-state index contributed by atoms with van der Waals surface area (Å²) in [6.07, 6.45) is 2.02. The van der Waals surface area contributed by atoms with Gasteiger partial charge < -0.3 is 5.11 Å². The second-order valence-electron chi connectivity index (χ2n) is 2.54. The lowest BCUT2D eigenvalue weighted by atomic mass is 10.1. The topological polar surface area (TPSA) is 61.1 Å². The van der Waals surface area contributed by atoms with Gasteiger partial charge in [0.15, 0.2) is 0 Å². The standard InChI is InChI=1S/C10H8NO2/c11-7-1-2-8-3-5-9(6-4-8)10(12)13/h1,3-6H,2H2,(H,12,13). The molecule has 1 aromatic rings. The molecule has 0 atom stereocenters. The molecule has 65 valence electrons. The van der Waals surface area contributed by atoms with Crippen LogP contribution in [0.15, 0.2) is 24.3 Å². The Morgan fingerprint density at radius 1 is 1.46 bits per heavy atom. The van der Waals surface area contributed by atoms with Crippen molar-refractivity contribution < 1.29 is 9.90 Å². The quantitative estimate of drug-likeness (QED) is 0.757. The van der Waals surface area contributed by atoms with Crippen LogP contribution in [0.25, 0.3) is 0 Å². The molecule has 0 heterocycles. The molecule has 0 saturated heterocycles. The van der Waals surface area contributed by atoms with Crippen LogP contribution < -0.4 is 0 Å². The Morgan fingerprint density at radius 3 is 2.54 bits per heavy atom. The first kappa shape index (κ1) is 9.27. The van der Waals surface area contributed by atoms with Gasteiger partial charge in [-0.3, -0.25) is 0 Å². The van der Waals surface area contributed by atoms with E-state index >= 15 is 0 Å². The maximum atomic E-state index is 10.5. The van der Waals surface area contributed by atoms with E-state index in [1.54, 1.807) is 12.1 Å². The lowest BCUT2D eigenvalue weighted by Gasteiger charge is -1.97. The van der Waals surface area contributed by atoms with Crippen LogP contribution in [-0.2, 0) is 6.42 Å². The van der Waals surface area contributed by atoms with Crippen LogP contribution in [0.5, 0.6) is 0 Å². The van der Waals surface area contributed by atoms with E-state index in [1.807, 2.05) is 6.07 Å². The van der Waals surface area contributed by atoms with Gasteiger partial charge in [-0.25, -0.2) is 4.79 Å². The number of rotatable bonds is 3. The molecule has 0 unspecified atom stereocenters. The summed E-state index contributed by atoms with van der Waals surface area (Å²) in [5.74, 6) is -0.934. The molecule has 0 fully saturated rings. The van der Waals surface area contributed by atoms with Crippen molar-refractivity contribution in [1.29, 1.82) is 5.26 Å². The monoisotopic (exact) mass is 174 g/mol. The van der Waals surface area contributed by atoms with Gasteiger partial charge in [0.05, 0.1) is 18.1 Å². The molecule has 0 aliphatic carbocycles. The molecule has 0 aromatic heterocycles. The molecule has 1 aromatic carbocycles. The SMILES string of the molecule is N#C[CH]Cc1ccc(C(=O)O)cc1. The van der Waals surface area contributed by atoms with Gasteiger partial charge in [0.1, 0.15) is 0 Å². The molecule has 0 saturated carbocycles. The second-order valence-corrected chi connectivity index (χ2v) is 2.54. The van der Waals surface area contributed by atoms with Crippen LogP contribution in [-0.4, -0.2) is 11.1 Å². The summed E-state index contributed by atoms with van der Waals surface area (Å²) < 4.78 is 0. The first-order valence-electron chi connectivity index (χ1n) is 3.77. The summed E-state index contributed by atoms with van der Waals surface area (Å²) in [7, 11) is 0. The highest BCUT2D eigenvalue weighted by Gasteiger charge is 2.00. The molecule has 1 N–H and O–H groups in total. The number of hydrogen-bond acceptors (Lipinski definition) is 2. The number of aromatic carboxylic acids is 1. The third-order valence-electron chi connectivity index (χ3n) is 1.63. The van der Waals surface area contributed by atoms with Crippen LogP contribution in [0, 0.1) is 17.8 Å². The first-order chi connectivity index (χ1) is 6.24. The highest BCUT2D eigenvalue weighted by atomic mass is 16.4. The molecule has 13 heavy (non-hydrogen) atoms. The fourth-order valence-corrected chi connectivity index (χ4v) is 0.947. The number of carboxylic acids is 1. The normalized spacial score (nSPS) is 9.15.